The zero-order chi connectivity index (χ0) is 18.6. The first kappa shape index (κ1) is 18.4. The highest BCUT2D eigenvalue weighted by Gasteiger charge is 2.27. The van der Waals surface area contributed by atoms with Gasteiger partial charge in [0.05, 0.1) is 6.61 Å². The van der Waals surface area contributed by atoms with Crippen LogP contribution in [-0.2, 0) is 19.5 Å². The molecule has 27 heavy (non-hydrogen) atoms. The Balaban J connectivity index is 1.39. The van der Waals surface area contributed by atoms with Crippen LogP contribution in [0.15, 0.2) is 42.5 Å². The van der Waals surface area contributed by atoms with E-state index in [0.717, 1.165) is 63.5 Å². The Kier molecular flexibility index (Phi) is 5.72. The van der Waals surface area contributed by atoms with Gasteiger partial charge < -0.3 is 9.84 Å². The molecule has 2 aliphatic rings. The van der Waals surface area contributed by atoms with Gasteiger partial charge in [-0.25, -0.2) is 4.39 Å². The Morgan fingerprint density at radius 1 is 1.04 bits per heavy atom. The number of ether oxygens (including phenoxy) is 1. The monoisotopic (exact) mass is 370 g/mol. The fourth-order valence-electron chi connectivity index (χ4n) is 4.15. The molecule has 0 amide bonds. The molecular formula is C22H27FN2O2. The molecule has 0 aromatic heterocycles. The van der Waals surface area contributed by atoms with Crippen molar-refractivity contribution in [3.05, 3.63) is 65.0 Å². The number of hydrogen-bond donors (Lipinski definition) is 1. The Morgan fingerprint density at radius 3 is 2.67 bits per heavy atom. The fourth-order valence-corrected chi connectivity index (χ4v) is 4.15. The van der Waals surface area contributed by atoms with E-state index in [9.17, 15) is 9.50 Å². The van der Waals surface area contributed by atoms with Gasteiger partial charge in [0.15, 0.2) is 0 Å². The lowest BCUT2D eigenvalue weighted by Crippen LogP contribution is -2.52. The molecule has 4 rings (SSSR count). The third kappa shape index (κ3) is 4.49. The van der Waals surface area contributed by atoms with E-state index in [1.165, 1.54) is 23.3 Å². The normalized spacial score (nSPS) is 20.4. The third-order valence-corrected chi connectivity index (χ3v) is 5.61. The molecule has 2 heterocycles. The number of nitrogens with zero attached hydrogens (tertiary/aromatic N) is 2. The average molecular weight is 370 g/mol. The molecule has 0 radical (unpaired) electrons. The Hall–Kier alpha value is -1.95. The van der Waals surface area contributed by atoms with Crippen LogP contribution in [0.3, 0.4) is 0 Å². The molecule has 1 saturated heterocycles. The lowest BCUT2D eigenvalue weighted by atomic mass is 10.0. The van der Waals surface area contributed by atoms with Crippen LogP contribution in [0.1, 0.15) is 23.1 Å². The maximum Gasteiger partial charge on any atom is 0.123 e. The summed E-state index contributed by atoms with van der Waals surface area (Å²) in [6.45, 7) is 5.60. The highest BCUT2D eigenvalue weighted by Crippen LogP contribution is 2.27. The SMILES string of the molecule is OCC[C@H]1CN(Cc2ccc3c(c2)CCO3)CCN1Cc1ccc(F)cc1. The van der Waals surface area contributed by atoms with Gasteiger partial charge in [-0.15, -0.1) is 0 Å². The van der Waals surface area contributed by atoms with Crippen molar-refractivity contribution in [1.82, 2.24) is 9.80 Å². The van der Waals surface area contributed by atoms with Crippen molar-refractivity contribution in [2.45, 2.75) is 32.0 Å². The van der Waals surface area contributed by atoms with E-state index in [-0.39, 0.29) is 12.4 Å². The summed E-state index contributed by atoms with van der Waals surface area (Å²) >= 11 is 0. The van der Waals surface area contributed by atoms with Gasteiger partial charge in [0.2, 0.25) is 0 Å². The molecule has 0 bridgehead atoms. The summed E-state index contributed by atoms with van der Waals surface area (Å²) < 4.78 is 18.7. The first-order valence-corrected chi connectivity index (χ1v) is 9.77. The number of halogens is 1. The second-order valence-corrected chi connectivity index (χ2v) is 7.54. The van der Waals surface area contributed by atoms with E-state index in [1.54, 1.807) is 0 Å². The maximum absolute atomic E-state index is 13.1. The molecule has 1 atom stereocenters. The van der Waals surface area contributed by atoms with Crippen LogP contribution >= 0.6 is 0 Å². The average Bonchev–Trinajstić information content (AvgIpc) is 3.14. The number of rotatable bonds is 6. The van der Waals surface area contributed by atoms with Crippen LogP contribution in [0.4, 0.5) is 4.39 Å². The van der Waals surface area contributed by atoms with E-state index >= 15 is 0 Å². The van der Waals surface area contributed by atoms with Gasteiger partial charge in [0.25, 0.3) is 0 Å². The van der Waals surface area contributed by atoms with Gasteiger partial charge in [0.1, 0.15) is 11.6 Å². The molecule has 2 aliphatic heterocycles. The summed E-state index contributed by atoms with van der Waals surface area (Å²) in [5.41, 5.74) is 3.76. The van der Waals surface area contributed by atoms with Crippen molar-refractivity contribution in [3.8, 4) is 5.75 Å². The first-order chi connectivity index (χ1) is 13.2. The van der Waals surface area contributed by atoms with Crippen molar-refractivity contribution in [2.24, 2.45) is 0 Å². The molecule has 2 aromatic carbocycles. The van der Waals surface area contributed by atoms with E-state index < -0.39 is 0 Å². The van der Waals surface area contributed by atoms with Crippen molar-refractivity contribution in [1.29, 1.82) is 0 Å². The fraction of sp³-hybridized carbons (Fsp3) is 0.455. The highest BCUT2D eigenvalue weighted by atomic mass is 19.1. The van der Waals surface area contributed by atoms with Crippen molar-refractivity contribution in [3.63, 3.8) is 0 Å². The summed E-state index contributed by atoms with van der Waals surface area (Å²) in [4.78, 5) is 4.88. The molecule has 0 unspecified atom stereocenters. The minimum Gasteiger partial charge on any atom is -0.493 e. The second kappa shape index (κ2) is 8.38. The Bertz CT molecular complexity index is 765. The molecule has 0 aliphatic carbocycles. The molecule has 0 spiro atoms. The maximum atomic E-state index is 13.1. The standard InChI is InChI=1S/C22H27FN2O2/c23-20-4-1-17(2-5-20)15-25-10-9-24(16-21(25)7-11-26)14-18-3-6-22-19(13-18)8-12-27-22/h1-6,13,21,26H,7-12,14-16H2/t21-/m0/s1. The quantitative estimate of drug-likeness (QED) is 0.848. The molecule has 5 heteroatoms. The highest BCUT2D eigenvalue weighted by molar-refractivity contribution is 5.39. The molecule has 0 saturated carbocycles. The van der Waals surface area contributed by atoms with Crippen LogP contribution in [0.2, 0.25) is 0 Å². The van der Waals surface area contributed by atoms with E-state index in [0.29, 0.717) is 6.04 Å². The lowest BCUT2D eigenvalue weighted by molar-refractivity contribution is 0.0499. The summed E-state index contributed by atoms with van der Waals surface area (Å²) in [6.07, 6.45) is 1.76. The molecule has 1 fully saturated rings. The minimum atomic E-state index is -0.199. The van der Waals surface area contributed by atoms with Gasteiger partial charge in [-0.2, -0.15) is 0 Å². The minimum absolute atomic E-state index is 0.189. The van der Waals surface area contributed by atoms with Gasteiger partial charge >= 0.3 is 0 Å². The van der Waals surface area contributed by atoms with Crippen LogP contribution in [0.25, 0.3) is 0 Å². The van der Waals surface area contributed by atoms with Gasteiger partial charge in [-0.1, -0.05) is 24.3 Å². The number of aliphatic hydroxyl groups excluding tert-OH is 1. The second-order valence-electron chi connectivity index (χ2n) is 7.54. The lowest BCUT2D eigenvalue weighted by Gasteiger charge is -2.41. The van der Waals surface area contributed by atoms with Crippen molar-refractivity contribution in [2.75, 3.05) is 32.8 Å². The largest absolute Gasteiger partial charge is 0.493 e. The number of hydrogen-bond acceptors (Lipinski definition) is 4. The van der Waals surface area contributed by atoms with Crippen molar-refractivity contribution < 1.29 is 14.2 Å². The zero-order valence-electron chi connectivity index (χ0n) is 15.6. The molecule has 4 nitrogen and oxygen atoms in total. The third-order valence-electron chi connectivity index (χ3n) is 5.61. The number of fused-ring (bicyclic) bond motifs is 1. The molecule has 144 valence electrons. The molecule has 2 aromatic rings. The number of benzene rings is 2. The van der Waals surface area contributed by atoms with Gasteiger partial charge in [0, 0.05) is 51.8 Å². The van der Waals surface area contributed by atoms with Gasteiger partial charge in [-0.05, 0) is 41.3 Å². The van der Waals surface area contributed by atoms with Crippen LogP contribution in [0.5, 0.6) is 5.75 Å². The summed E-state index contributed by atoms with van der Waals surface area (Å²) in [5.74, 6) is 0.830. The first-order valence-electron chi connectivity index (χ1n) is 9.77. The molecular weight excluding hydrogens is 343 g/mol. The summed E-state index contributed by atoms with van der Waals surface area (Å²) in [7, 11) is 0. The summed E-state index contributed by atoms with van der Waals surface area (Å²) in [6, 6.07) is 13.6. The number of aliphatic hydroxyl groups is 1. The zero-order valence-corrected chi connectivity index (χ0v) is 15.6. The Morgan fingerprint density at radius 2 is 1.85 bits per heavy atom. The summed E-state index contributed by atoms with van der Waals surface area (Å²) in [5, 5.41) is 9.51. The smallest absolute Gasteiger partial charge is 0.123 e. The Labute approximate surface area is 160 Å². The van der Waals surface area contributed by atoms with Gasteiger partial charge in [-0.3, -0.25) is 9.80 Å². The van der Waals surface area contributed by atoms with Crippen LogP contribution in [-0.4, -0.2) is 53.8 Å². The topological polar surface area (TPSA) is 35.9 Å². The number of piperazine rings is 1. The van der Waals surface area contributed by atoms with E-state index in [1.807, 2.05) is 12.1 Å². The van der Waals surface area contributed by atoms with E-state index in [2.05, 4.69) is 28.0 Å². The molecule has 1 N–H and O–H groups in total. The van der Waals surface area contributed by atoms with E-state index in [4.69, 9.17) is 4.74 Å². The van der Waals surface area contributed by atoms with Crippen LogP contribution in [0, 0.1) is 5.82 Å². The predicted octanol–water partition coefficient (Wildman–Crippen LogP) is 2.83. The van der Waals surface area contributed by atoms with Crippen LogP contribution < -0.4 is 4.74 Å². The van der Waals surface area contributed by atoms with Crippen molar-refractivity contribution >= 4 is 0 Å². The predicted molar refractivity (Wildman–Crippen MR) is 103 cm³/mol.